The summed E-state index contributed by atoms with van der Waals surface area (Å²) >= 11 is 0. The molecule has 124 valence electrons. The van der Waals surface area contributed by atoms with Crippen molar-refractivity contribution in [3.05, 3.63) is 0 Å². The Morgan fingerprint density at radius 1 is 1.24 bits per heavy atom. The van der Waals surface area contributed by atoms with Crippen molar-refractivity contribution in [3.63, 3.8) is 0 Å². The van der Waals surface area contributed by atoms with Crippen molar-refractivity contribution in [1.29, 1.82) is 0 Å². The summed E-state index contributed by atoms with van der Waals surface area (Å²) in [4.78, 5) is 13.0. The lowest BCUT2D eigenvalue weighted by Gasteiger charge is -2.36. The topological polar surface area (TPSA) is 49.8 Å². The van der Waals surface area contributed by atoms with Gasteiger partial charge in [0, 0.05) is 19.1 Å². The Balaban J connectivity index is 2.07. The predicted octanol–water partition coefficient (Wildman–Crippen LogP) is 3.69. The zero-order chi connectivity index (χ0) is 15.5. The number of carbonyl (C=O) groups is 1. The fourth-order valence-electron chi connectivity index (χ4n) is 3.02. The maximum atomic E-state index is 10.5. The van der Waals surface area contributed by atoms with Gasteiger partial charge in [0.05, 0.1) is 19.1 Å². The van der Waals surface area contributed by atoms with Gasteiger partial charge in [-0.05, 0) is 26.2 Å². The van der Waals surface area contributed by atoms with E-state index in [0.717, 1.165) is 25.9 Å². The fourth-order valence-corrected chi connectivity index (χ4v) is 3.02. The minimum atomic E-state index is -0.774. The number of carboxylic acid groups (broad SMARTS) is 1. The molecule has 0 aromatic rings. The highest BCUT2D eigenvalue weighted by Gasteiger charge is 2.22. The van der Waals surface area contributed by atoms with Crippen LogP contribution in [0.2, 0.25) is 0 Å². The molecule has 4 nitrogen and oxygen atoms in total. The summed E-state index contributed by atoms with van der Waals surface area (Å²) in [6, 6.07) is 0.673. The van der Waals surface area contributed by atoms with E-state index in [2.05, 4.69) is 18.7 Å². The molecular formula is C17H33NO3. The summed E-state index contributed by atoms with van der Waals surface area (Å²) in [6.07, 6.45) is 10.5. The smallest absolute Gasteiger partial charge is 0.305 e. The van der Waals surface area contributed by atoms with E-state index in [4.69, 9.17) is 9.84 Å². The molecule has 1 fully saturated rings. The van der Waals surface area contributed by atoms with Crippen LogP contribution in [0.3, 0.4) is 0 Å². The van der Waals surface area contributed by atoms with Gasteiger partial charge in [0.25, 0.3) is 0 Å². The summed E-state index contributed by atoms with van der Waals surface area (Å²) in [7, 11) is 0. The lowest BCUT2D eigenvalue weighted by Crippen LogP contribution is -2.42. The first-order chi connectivity index (χ1) is 10.1. The van der Waals surface area contributed by atoms with Gasteiger partial charge in [-0.1, -0.05) is 39.0 Å². The van der Waals surface area contributed by atoms with Crippen LogP contribution in [0.1, 0.15) is 71.6 Å². The number of ether oxygens (including phenoxy) is 1. The molecule has 0 radical (unpaired) electrons. The van der Waals surface area contributed by atoms with Crippen LogP contribution in [-0.4, -0.2) is 47.8 Å². The van der Waals surface area contributed by atoms with E-state index in [0.29, 0.717) is 12.6 Å². The van der Waals surface area contributed by atoms with Crippen LogP contribution in [0, 0.1) is 0 Å². The molecule has 0 saturated carbocycles. The Morgan fingerprint density at radius 2 is 1.90 bits per heavy atom. The SMILES string of the molecule is CCCCCCCC(C)N1CCC(OCCC(=O)O)CC1. The molecule has 1 rings (SSSR count). The maximum Gasteiger partial charge on any atom is 0.305 e. The first-order valence-electron chi connectivity index (χ1n) is 8.71. The van der Waals surface area contributed by atoms with E-state index in [1.54, 1.807) is 0 Å². The molecule has 1 atom stereocenters. The van der Waals surface area contributed by atoms with Crippen molar-refractivity contribution in [1.82, 2.24) is 4.90 Å². The average Bonchev–Trinajstić information content (AvgIpc) is 2.47. The summed E-state index contributed by atoms with van der Waals surface area (Å²) in [5.74, 6) is -0.774. The third-order valence-corrected chi connectivity index (χ3v) is 4.49. The minimum Gasteiger partial charge on any atom is -0.481 e. The number of rotatable bonds is 11. The lowest BCUT2D eigenvalue weighted by atomic mass is 10.0. The Kier molecular flexibility index (Phi) is 9.68. The maximum absolute atomic E-state index is 10.5. The minimum absolute atomic E-state index is 0.119. The van der Waals surface area contributed by atoms with Gasteiger partial charge >= 0.3 is 5.97 Å². The number of likely N-dealkylation sites (tertiary alicyclic amines) is 1. The van der Waals surface area contributed by atoms with Gasteiger partial charge in [-0.3, -0.25) is 4.79 Å². The van der Waals surface area contributed by atoms with Crippen LogP contribution in [-0.2, 0) is 9.53 Å². The van der Waals surface area contributed by atoms with E-state index < -0.39 is 5.97 Å². The summed E-state index contributed by atoms with van der Waals surface area (Å²) in [6.45, 7) is 7.13. The van der Waals surface area contributed by atoms with Gasteiger partial charge in [0.2, 0.25) is 0 Å². The Morgan fingerprint density at radius 3 is 2.52 bits per heavy atom. The van der Waals surface area contributed by atoms with E-state index in [9.17, 15) is 4.79 Å². The van der Waals surface area contributed by atoms with E-state index in [1.165, 1.54) is 38.5 Å². The highest BCUT2D eigenvalue weighted by atomic mass is 16.5. The molecule has 0 spiro atoms. The van der Waals surface area contributed by atoms with Crippen LogP contribution in [0.15, 0.2) is 0 Å². The van der Waals surface area contributed by atoms with Crippen LogP contribution >= 0.6 is 0 Å². The van der Waals surface area contributed by atoms with Gasteiger partial charge < -0.3 is 14.7 Å². The molecule has 0 aromatic heterocycles. The van der Waals surface area contributed by atoms with Crippen molar-refractivity contribution < 1.29 is 14.6 Å². The van der Waals surface area contributed by atoms with Crippen molar-refractivity contribution >= 4 is 5.97 Å². The van der Waals surface area contributed by atoms with Gasteiger partial charge in [-0.25, -0.2) is 0 Å². The van der Waals surface area contributed by atoms with Crippen molar-refractivity contribution in [3.8, 4) is 0 Å². The number of unbranched alkanes of at least 4 members (excludes halogenated alkanes) is 4. The molecule has 1 aliphatic heterocycles. The molecule has 0 bridgehead atoms. The Labute approximate surface area is 129 Å². The van der Waals surface area contributed by atoms with Crippen molar-refractivity contribution in [2.24, 2.45) is 0 Å². The number of hydrogen-bond donors (Lipinski definition) is 1. The molecule has 0 aromatic carbocycles. The third kappa shape index (κ3) is 8.42. The zero-order valence-corrected chi connectivity index (χ0v) is 13.9. The van der Waals surface area contributed by atoms with Crippen LogP contribution in [0.5, 0.6) is 0 Å². The molecule has 1 unspecified atom stereocenters. The van der Waals surface area contributed by atoms with Crippen molar-refractivity contribution in [2.75, 3.05) is 19.7 Å². The van der Waals surface area contributed by atoms with E-state index in [-0.39, 0.29) is 12.5 Å². The van der Waals surface area contributed by atoms with Gasteiger partial charge in [-0.15, -0.1) is 0 Å². The Hall–Kier alpha value is -0.610. The second kappa shape index (κ2) is 11.0. The highest BCUT2D eigenvalue weighted by Crippen LogP contribution is 2.19. The molecule has 21 heavy (non-hydrogen) atoms. The summed E-state index contributed by atoms with van der Waals surface area (Å²) in [5.41, 5.74) is 0. The average molecular weight is 299 g/mol. The highest BCUT2D eigenvalue weighted by molar-refractivity contribution is 5.66. The van der Waals surface area contributed by atoms with Crippen LogP contribution in [0.4, 0.5) is 0 Å². The first kappa shape index (κ1) is 18.4. The van der Waals surface area contributed by atoms with Crippen molar-refractivity contribution in [2.45, 2.75) is 83.8 Å². The predicted molar refractivity (Wildman–Crippen MR) is 85.6 cm³/mol. The number of hydrogen-bond acceptors (Lipinski definition) is 3. The quantitative estimate of drug-likeness (QED) is 0.591. The number of carboxylic acids is 1. The third-order valence-electron chi connectivity index (χ3n) is 4.49. The lowest BCUT2D eigenvalue weighted by molar-refractivity contribution is -0.138. The molecule has 1 saturated heterocycles. The first-order valence-corrected chi connectivity index (χ1v) is 8.71. The molecule has 1 aliphatic rings. The standard InChI is InChI=1S/C17H33NO3/c1-3-4-5-6-7-8-15(2)18-12-9-16(10-13-18)21-14-11-17(19)20/h15-16H,3-14H2,1-2H3,(H,19,20). The Bertz CT molecular complexity index is 275. The molecular weight excluding hydrogens is 266 g/mol. The van der Waals surface area contributed by atoms with Crippen LogP contribution in [0.25, 0.3) is 0 Å². The fraction of sp³-hybridized carbons (Fsp3) is 0.941. The zero-order valence-electron chi connectivity index (χ0n) is 13.9. The van der Waals surface area contributed by atoms with Gasteiger partial charge in [0.15, 0.2) is 0 Å². The largest absolute Gasteiger partial charge is 0.481 e. The molecule has 1 heterocycles. The van der Waals surface area contributed by atoms with Gasteiger partial charge in [-0.2, -0.15) is 0 Å². The number of piperidine rings is 1. The number of aliphatic carboxylic acids is 1. The molecule has 0 amide bonds. The summed E-state index contributed by atoms with van der Waals surface area (Å²) < 4.78 is 5.64. The second-order valence-corrected chi connectivity index (χ2v) is 6.30. The normalized spacial score (nSPS) is 18.8. The molecule has 0 aliphatic carbocycles. The van der Waals surface area contributed by atoms with E-state index in [1.807, 2.05) is 0 Å². The van der Waals surface area contributed by atoms with Crippen LogP contribution < -0.4 is 0 Å². The second-order valence-electron chi connectivity index (χ2n) is 6.30. The van der Waals surface area contributed by atoms with Gasteiger partial charge in [0.1, 0.15) is 0 Å². The monoisotopic (exact) mass is 299 g/mol. The van der Waals surface area contributed by atoms with E-state index >= 15 is 0 Å². The molecule has 4 heteroatoms. The molecule has 1 N–H and O–H groups in total. The summed E-state index contributed by atoms with van der Waals surface area (Å²) in [5, 5.41) is 8.61. The number of nitrogens with zero attached hydrogens (tertiary/aromatic N) is 1.